The van der Waals surface area contributed by atoms with E-state index in [2.05, 4.69) is 17.4 Å². The van der Waals surface area contributed by atoms with Crippen molar-refractivity contribution < 1.29 is 9.21 Å². The number of aryl methyl sites for hydroxylation is 1. The fourth-order valence-electron chi connectivity index (χ4n) is 2.81. The maximum atomic E-state index is 12.6. The topological polar surface area (TPSA) is 45.5 Å². The van der Waals surface area contributed by atoms with Crippen molar-refractivity contribution in [1.29, 1.82) is 0 Å². The Morgan fingerprint density at radius 2 is 2.14 bits per heavy atom. The molecule has 1 unspecified atom stereocenters. The third-order valence-electron chi connectivity index (χ3n) is 3.94. The van der Waals surface area contributed by atoms with Crippen LogP contribution in [0.1, 0.15) is 17.1 Å². The molecule has 0 spiro atoms. The number of para-hydroxylation sites is 1. The minimum atomic E-state index is -0.0130. The van der Waals surface area contributed by atoms with E-state index < -0.39 is 0 Å². The van der Waals surface area contributed by atoms with Gasteiger partial charge in [-0.2, -0.15) is 0 Å². The van der Waals surface area contributed by atoms with E-state index in [1.54, 1.807) is 4.90 Å². The summed E-state index contributed by atoms with van der Waals surface area (Å²) in [6.07, 6.45) is 0.795. The van der Waals surface area contributed by atoms with Gasteiger partial charge in [-0.25, -0.2) is 0 Å². The van der Waals surface area contributed by atoms with Crippen LogP contribution in [-0.4, -0.2) is 24.4 Å². The van der Waals surface area contributed by atoms with Crippen molar-refractivity contribution in [2.75, 3.05) is 18.9 Å². The summed E-state index contributed by atoms with van der Waals surface area (Å²) in [5.41, 5.74) is 2.36. The molecule has 4 nitrogen and oxygen atoms in total. The SMILES string of the molecule is Cc1ccc(CN(C)C(=O)C2CNc3ccccc3C2)o1. The van der Waals surface area contributed by atoms with Crippen molar-refractivity contribution in [3.8, 4) is 0 Å². The number of furan rings is 1. The lowest BCUT2D eigenvalue weighted by Crippen LogP contribution is -2.39. The Hall–Kier alpha value is -2.23. The summed E-state index contributed by atoms with van der Waals surface area (Å²) in [7, 11) is 1.83. The van der Waals surface area contributed by atoms with Crippen molar-refractivity contribution in [1.82, 2.24) is 4.90 Å². The molecule has 1 N–H and O–H groups in total. The van der Waals surface area contributed by atoms with Gasteiger partial charge in [0.1, 0.15) is 11.5 Å². The molecule has 2 aromatic rings. The molecular formula is C17H20N2O2. The summed E-state index contributed by atoms with van der Waals surface area (Å²) >= 11 is 0. The number of nitrogens with one attached hydrogen (secondary N) is 1. The fraction of sp³-hybridized carbons (Fsp3) is 0.353. The van der Waals surface area contributed by atoms with Crippen LogP contribution in [0.5, 0.6) is 0 Å². The van der Waals surface area contributed by atoms with Gasteiger partial charge in [0.25, 0.3) is 0 Å². The predicted octanol–water partition coefficient (Wildman–Crippen LogP) is 2.83. The van der Waals surface area contributed by atoms with Crippen molar-refractivity contribution in [3.63, 3.8) is 0 Å². The minimum Gasteiger partial charge on any atom is -0.464 e. The molecule has 0 fully saturated rings. The highest BCUT2D eigenvalue weighted by Gasteiger charge is 2.26. The van der Waals surface area contributed by atoms with Crippen LogP contribution in [0.25, 0.3) is 0 Å². The van der Waals surface area contributed by atoms with E-state index in [0.717, 1.165) is 23.6 Å². The lowest BCUT2D eigenvalue weighted by molar-refractivity contribution is -0.134. The van der Waals surface area contributed by atoms with Gasteiger partial charge in [-0.1, -0.05) is 18.2 Å². The lowest BCUT2D eigenvalue weighted by atomic mass is 9.93. The van der Waals surface area contributed by atoms with E-state index in [9.17, 15) is 4.79 Å². The van der Waals surface area contributed by atoms with Gasteiger partial charge in [-0.15, -0.1) is 0 Å². The van der Waals surface area contributed by atoms with E-state index in [0.29, 0.717) is 13.1 Å². The zero-order valence-corrected chi connectivity index (χ0v) is 12.4. The first kappa shape index (κ1) is 13.7. The molecule has 0 saturated carbocycles. The quantitative estimate of drug-likeness (QED) is 0.942. The van der Waals surface area contributed by atoms with Crippen molar-refractivity contribution in [2.24, 2.45) is 5.92 Å². The van der Waals surface area contributed by atoms with Gasteiger partial charge in [0, 0.05) is 19.3 Å². The number of rotatable bonds is 3. The number of carbonyl (C=O) groups excluding carboxylic acids is 1. The number of anilines is 1. The van der Waals surface area contributed by atoms with E-state index in [-0.39, 0.29) is 11.8 Å². The van der Waals surface area contributed by atoms with Crippen LogP contribution >= 0.6 is 0 Å². The summed E-state index contributed by atoms with van der Waals surface area (Å²) in [6, 6.07) is 12.0. The number of carbonyl (C=O) groups is 1. The number of amides is 1. The molecule has 1 amide bonds. The van der Waals surface area contributed by atoms with Gasteiger partial charge in [0.05, 0.1) is 12.5 Å². The summed E-state index contributed by atoms with van der Waals surface area (Å²) in [5, 5.41) is 3.35. The molecule has 0 radical (unpaired) electrons. The number of fused-ring (bicyclic) bond motifs is 1. The molecule has 0 bridgehead atoms. The summed E-state index contributed by atoms with van der Waals surface area (Å²) in [6.45, 7) is 3.12. The largest absolute Gasteiger partial charge is 0.464 e. The Kier molecular flexibility index (Phi) is 3.69. The molecule has 3 rings (SSSR count). The van der Waals surface area contributed by atoms with Crippen LogP contribution in [0.4, 0.5) is 5.69 Å². The molecule has 0 aliphatic carbocycles. The van der Waals surface area contributed by atoms with Gasteiger partial charge >= 0.3 is 0 Å². The van der Waals surface area contributed by atoms with Gasteiger partial charge in [0.2, 0.25) is 5.91 Å². The predicted molar refractivity (Wildman–Crippen MR) is 82.0 cm³/mol. The molecule has 1 atom stereocenters. The normalized spacial score (nSPS) is 17.0. The highest BCUT2D eigenvalue weighted by Crippen LogP contribution is 2.25. The van der Waals surface area contributed by atoms with E-state index >= 15 is 0 Å². The van der Waals surface area contributed by atoms with E-state index in [1.165, 1.54) is 5.56 Å². The second kappa shape index (κ2) is 5.64. The van der Waals surface area contributed by atoms with Gasteiger partial charge < -0.3 is 14.6 Å². The van der Waals surface area contributed by atoms with Gasteiger partial charge in [0.15, 0.2) is 0 Å². The Labute approximate surface area is 124 Å². The van der Waals surface area contributed by atoms with Crippen LogP contribution in [0.15, 0.2) is 40.8 Å². The van der Waals surface area contributed by atoms with Crippen LogP contribution in [0, 0.1) is 12.8 Å². The highest BCUT2D eigenvalue weighted by atomic mass is 16.3. The Morgan fingerprint density at radius 1 is 1.33 bits per heavy atom. The minimum absolute atomic E-state index is 0.0130. The first-order valence-electron chi connectivity index (χ1n) is 7.25. The number of hydrogen-bond acceptors (Lipinski definition) is 3. The van der Waals surface area contributed by atoms with Crippen molar-refractivity contribution in [3.05, 3.63) is 53.5 Å². The molecule has 110 valence electrons. The van der Waals surface area contributed by atoms with Crippen LogP contribution in [-0.2, 0) is 17.8 Å². The zero-order valence-electron chi connectivity index (χ0n) is 12.4. The van der Waals surface area contributed by atoms with Gasteiger partial charge in [-0.05, 0) is 37.1 Å². The Bertz CT molecular complexity index is 648. The molecule has 0 saturated heterocycles. The second-order valence-corrected chi connectivity index (χ2v) is 5.65. The fourth-order valence-corrected chi connectivity index (χ4v) is 2.81. The number of nitrogens with zero attached hydrogens (tertiary/aromatic N) is 1. The summed E-state index contributed by atoms with van der Waals surface area (Å²) < 4.78 is 5.54. The molecule has 4 heteroatoms. The molecule has 2 heterocycles. The third kappa shape index (κ3) is 2.94. The Morgan fingerprint density at radius 3 is 2.90 bits per heavy atom. The summed E-state index contributed by atoms with van der Waals surface area (Å²) in [5.74, 6) is 1.85. The molecule has 1 aromatic carbocycles. The maximum Gasteiger partial charge on any atom is 0.227 e. The van der Waals surface area contributed by atoms with Gasteiger partial charge in [-0.3, -0.25) is 4.79 Å². The Balaban J connectivity index is 1.66. The van der Waals surface area contributed by atoms with Crippen molar-refractivity contribution in [2.45, 2.75) is 19.9 Å². The van der Waals surface area contributed by atoms with E-state index in [4.69, 9.17) is 4.42 Å². The number of hydrogen-bond donors (Lipinski definition) is 1. The molecular weight excluding hydrogens is 264 g/mol. The van der Waals surface area contributed by atoms with Crippen LogP contribution in [0.2, 0.25) is 0 Å². The highest BCUT2D eigenvalue weighted by molar-refractivity contribution is 5.80. The smallest absolute Gasteiger partial charge is 0.227 e. The molecule has 1 aliphatic heterocycles. The monoisotopic (exact) mass is 284 g/mol. The van der Waals surface area contributed by atoms with Crippen molar-refractivity contribution >= 4 is 11.6 Å². The van der Waals surface area contributed by atoms with Crippen LogP contribution in [0.3, 0.4) is 0 Å². The van der Waals surface area contributed by atoms with Crippen LogP contribution < -0.4 is 5.32 Å². The average molecular weight is 284 g/mol. The third-order valence-corrected chi connectivity index (χ3v) is 3.94. The second-order valence-electron chi connectivity index (χ2n) is 5.65. The standard InChI is InChI=1S/C17H20N2O2/c1-12-7-8-15(21-12)11-19(2)17(20)14-9-13-5-3-4-6-16(13)18-10-14/h3-8,14,18H,9-11H2,1-2H3. The number of benzene rings is 1. The maximum absolute atomic E-state index is 12.6. The average Bonchev–Trinajstić information content (AvgIpc) is 2.91. The zero-order chi connectivity index (χ0) is 14.8. The molecule has 21 heavy (non-hydrogen) atoms. The van der Waals surface area contributed by atoms with E-state index in [1.807, 2.05) is 38.2 Å². The first-order chi connectivity index (χ1) is 10.1. The molecule has 1 aliphatic rings. The molecule has 1 aromatic heterocycles. The first-order valence-corrected chi connectivity index (χ1v) is 7.25. The lowest BCUT2D eigenvalue weighted by Gasteiger charge is -2.28. The summed E-state index contributed by atoms with van der Waals surface area (Å²) in [4.78, 5) is 14.3.